The van der Waals surface area contributed by atoms with Crippen molar-refractivity contribution >= 4 is 11.9 Å². The van der Waals surface area contributed by atoms with Gasteiger partial charge in [0.05, 0.1) is 0 Å². The number of carbonyl (C=O) groups excluding carboxylic acids is 2. The molecule has 194 valence electrons. The molecule has 0 atom stereocenters. The number of carbonyl (C=O) groups is 2. The Balaban J connectivity index is 1.66. The zero-order valence-corrected chi connectivity index (χ0v) is 20.7. The molecule has 0 fully saturated rings. The summed E-state index contributed by atoms with van der Waals surface area (Å²) >= 11 is 0. The molecule has 0 aliphatic rings. The largest absolute Gasteiger partial charge is 0.462 e. The lowest BCUT2D eigenvalue weighted by atomic mass is 9.99. The van der Waals surface area contributed by atoms with E-state index in [1.54, 1.807) is 36.4 Å². The highest BCUT2D eigenvalue weighted by Gasteiger charge is 2.12. The predicted octanol–water partition coefficient (Wildman–Crippen LogP) is 7.24. The van der Waals surface area contributed by atoms with Gasteiger partial charge in [0.15, 0.2) is 0 Å². The molecule has 0 saturated carbocycles. The van der Waals surface area contributed by atoms with Crippen LogP contribution in [0.2, 0.25) is 0 Å². The van der Waals surface area contributed by atoms with Gasteiger partial charge in [-0.3, -0.25) is 0 Å². The molecule has 0 bridgehead atoms. The van der Waals surface area contributed by atoms with Crippen LogP contribution in [0.15, 0.2) is 110 Å². The van der Waals surface area contributed by atoms with Crippen molar-refractivity contribution in [2.45, 2.75) is 13.8 Å². The van der Waals surface area contributed by atoms with Crippen LogP contribution in [0.3, 0.4) is 0 Å². The molecule has 0 aliphatic carbocycles. The maximum Gasteiger partial charge on any atom is 0.338 e. The smallest absolute Gasteiger partial charge is 0.338 e. The number of rotatable bonds is 10. The van der Waals surface area contributed by atoms with Crippen LogP contribution in [-0.2, 0) is 19.1 Å². The average Bonchev–Trinajstić information content (AvgIpc) is 2.89. The SMILES string of the molecule is C=C(C)C(=O)OC=COc1ccc(-c2ccc(-c3ccc(OC=COC(=O)C(=C)C)cc3F)cc2F)cc1. The van der Waals surface area contributed by atoms with E-state index in [-0.39, 0.29) is 22.5 Å². The second-order valence-corrected chi connectivity index (χ2v) is 8.01. The molecule has 0 amide bonds. The second kappa shape index (κ2) is 12.8. The Morgan fingerprint density at radius 2 is 1.08 bits per heavy atom. The third-order valence-corrected chi connectivity index (χ3v) is 4.95. The van der Waals surface area contributed by atoms with Gasteiger partial charge in [-0.15, -0.1) is 0 Å². The summed E-state index contributed by atoms with van der Waals surface area (Å²) in [5.74, 6) is -1.73. The van der Waals surface area contributed by atoms with Crippen LogP contribution in [0.4, 0.5) is 8.78 Å². The highest BCUT2D eigenvalue weighted by atomic mass is 19.1. The zero-order valence-electron chi connectivity index (χ0n) is 20.7. The molecule has 3 aromatic rings. The number of esters is 2. The van der Waals surface area contributed by atoms with E-state index in [1.165, 1.54) is 38.3 Å². The maximum atomic E-state index is 14.9. The van der Waals surface area contributed by atoms with Crippen molar-refractivity contribution in [2.75, 3.05) is 0 Å². The van der Waals surface area contributed by atoms with Gasteiger partial charge in [0.2, 0.25) is 0 Å². The summed E-state index contributed by atoms with van der Waals surface area (Å²) in [7, 11) is 0. The Bertz CT molecular complexity index is 1420. The second-order valence-electron chi connectivity index (χ2n) is 8.01. The van der Waals surface area contributed by atoms with Crippen molar-refractivity contribution in [1.29, 1.82) is 0 Å². The monoisotopic (exact) mass is 518 g/mol. The fourth-order valence-corrected chi connectivity index (χ4v) is 3.03. The Morgan fingerprint density at radius 1 is 0.632 bits per heavy atom. The van der Waals surface area contributed by atoms with Gasteiger partial charge in [-0.2, -0.15) is 0 Å². The molecule has 0 unspecified atom stereocenters. The van der Waals surface area contributed by atoms with Gasteiger partial charge in [0, 0.05) is 28.3 Å². The highest BCUT2D eigenvalue weighted by Crippen LogP contribution is 2.31. The molecular weight excluding hydrogens is 494 g/mol. The maximum absolute atomic E-state index is 14.9. The minimum Gasteiger partial charge on any atom is -0.462 e. The summed E-state index contributed by atoms with van der Waals surface area (Å²) in [4.78, 5) is 22.6. The van der Waals surface area contributed by atoms with Gasteiger partial charge >= 0.3 is 11.9 Å². The molecule has 0 aliphatic heterocycles. The average molecular weight is 519 g/mol. The summed E-state index contributed by atoms with van der Waals surface area (Å²) in [5, 5.41) is 0. The van der Waals surface area contributed by atoms with Crippen LogP contribution in [-0.4, -0.2) is 11.9 Å². The minimum absolute atomic E-state index is 0.164. The third kappa shape index (κ3) is 7.51. The molecule has 0 spiro atoms. The first-order valence-corrected chi connectivity index (χ1v) is 11.2. The van der Waals surface area contributed by atoms with Crippen LogP contribution in [0, 0.1) is 11.6 Å². The lowest BCUT2D eigenvalue weighted by Gasteiger charge is -2.09. The Hall–Kier alpha value is -4.98. The van der Waals surface area contributed by atoms with Crippen LogP contribution in [0.25, 0.3) is 22.3 Å². The standard InChI is InChI=1S/C30H24F2O6/c1-19(2)29(33)37-15-13-35-23-8-5-21(6-9-23)25-11-7-22(17-27(25)31)26-12-10-24(18-28(26)32)36-14-16-38-30(34)20(3)4/h5-18H,1,3H2,2,4H3. The number of halogens is 2. The molecule has 0 saturated heterocycles. The molecule has 0 radical (unpaired) electrons. The summed E-state index contributed by atoms with van der Waals surface area (Å²) < 4.78 is 49.8. The first-order valence-electron chi connectivity index (χ1n) is 11.2. The topological polar surface area (TPSA) is 71.1 Å². The molecular formula is C30H24F2O6. The number of benzene rings is 3. The quantitative estimate of drug-likeness (QED) is 0.160. The first kappa shape index (κ1) is 27.6. The summed E-state index contributed by atoms with van der Waals surface area (Å²) in [6, 6.07) is 15.1. The van der Waals surface area contributed by atoms with Crippen molar-refractivity contribution in [1.82, 2.24) is 0 Å². The van der Waals surface area contributed by atoms with Crippen LogP contribution < -0.4 is 9.47 Å². The Morgan fingerprint density at radius 3 is 1.61 bits per heavy atom. The van der Waals surface area contributed by atoms with Gasteiger partial charge in [-0.05, 0) is 55.3 Å². The lowest BCUT2D eigenvalue weighted by molar-refractivity contribution is -0.134. The normalized spacial score (nSPS) is 10.8. The fraction of sp³-hybridized carbons (Fsp3) is 0.0667. The predicted molar refractivity (Wildman–Crippen MR) is 139 cm³/mol. The molecule has 3 aromatic carbocycles. The minimum atomic E-state index is -0.620. The first-order chi connectivity index (χ1) is 18.2. The van der Waals surface area contributed by atoms with E-state index in [1.807, 2.05) is 0 Å². The van der Waals surface area contributed by atoms with Gasteiger partial charge in [0.25, 0.3) is 0 Å². The summed E-state index contributed by atoms with van der Waals surface area (Å²) in [5.41, 5.74) is 1.92. The molecule has 8 heteroatoms. The Kier molecular flexibility index (Phi) is 9.31. The van der Waals surface area contributed by atoms with E-state index in [0.29, 0.717) is 22.4 Å². The molecule has 0 heterocycles. The molecule has 0 N–H and O–H groups in total. The van der Waals surface area contributed by atoms with Crippen molar-refractivity contribution in [3.8, 4) is 33.8 Å². The van der Waals surface area contributed by atoms with E-state index in [4.69, 9.17) is 18.9 Å². The fourth-order valence-electron chi connectivity index (χ4n) is 3.03. The van der Waals surface area contributed by atoms with Crippen molar-refractivity contribution in [3.05, 3.63) is 122 Å². The van der Waals surface area contributed by atoms with Crippen LogP contribution in [0.1, 0.15) is 13.8 Å². The van der Waals surface area contributed by atoms with E-state index >= 15 is 0 Å². The van der Waals surface area contributed by atoms with Gasteiger partial charge < -0.3 is 18.9 Å². The Labute approximate surface area is 218 Å². The van der Waals surface area contributed by atoms with Crippen molar-refractivity contribution in [3.63, 3.8) is 0 Å². The van der Waals surface area contributed by atoms with E-state index in [9.17, 15) is 18.4 Å². The molecule has 3 rings (SSSR count). The number of ether oxygens (including phenoxy) is 4. The number of hydrogen-bond acceptors (Lipinski definition) is 6. The van der Waals surface area contributed by atoms with E-state index in [0.717, 1.165) is 24.9 Å². The third-order valence-electron chi connectivity index (χ3n) is 4.95. The van der Waals surface area contributed by atoms with Crippen molar-refractivity contribution in [2.24, 2.45) is 0 Å². The van der Waals surface area contributed by atoms with Gasteiger partial charge in [0.1, 0.15) is 48.2 Å². The van der Waals surface area contributed by atoms with E-state index < -0.39 is 23.6 Å². The van der Waals surface area contributed by atoms with E-state index in [2.05, 4.69) is 13.2 Å². The molecule has 38 heavy (non-hydrogen) atoms. The van der Waals surface area contributed by atoms with Crippen molar-refractivity contribution < 1.29 is 37.3 Å². The lowest BCUT2D eigenvalue weighted by Crippen LogP contribution is -1.99. The van der Waals surface area contributed by atoms with Gasteiger partial charge in [-0.1, -0.05) is 37.4 Å². The van der Waals surface area contributed by atoms with Crippen LogP contribution >= 0.6 is 0 Å². The molecule has 0 aromatic heterocycles. The number of hydrogen-bond donors (Lipinski definition) is 0. The zero-order chi connectivity index (χ0) is 27.7. The van der Waals surface area contributed by atoms with Crippen LogP contribution in [0.5, 0.6) is 11.5 Å². The molecule has 6 nitrogen and oxygen atoms in total. The highest BCUT2D eigenvalue weighted by molar-refractivity contribution is 5.87. The summed E-state index contributed by atoms with van der Waals surface area (Å²) in [6.07, 6.45) is 4.41. The van der Waals surface area contributed by atoms with Gasteiger partial charge in [-0.25, -0.2) is 18.4 Å². The summed E-state index contributed by atoms with van der Waals surface area (Å²) in [6.45, 7) is 9.94.